The highest BCUT2D eigenvalue weighted by molar-refractivity contribution is 6.02. The number of nitrogens with one attached hydrogen (secondary N) is 1. The van der Waals surface area contributed by atoms with Crippen LogP contribution in [-0.4, -0.2) is 168 Å². The number of pyridine rings is 1. The molecule has 4 amide bonds. The zero-order chi connectivity index (χ0) is 60.8. The zero-order valence-corrected chi connectivity index (χ0v) is 49.4. The summed E-state index contributed by atoms with van der Waals surface area (Å²) in [6.45, 7) is 9.01. The average Bonchev–Trinajstić information content (AvgIpc) is 2.19. The first-order valence-corrected chi connectivity index (χ1v) is 30.5. The second-order valence-corrected chi connectivity index (χ2v) is 26.0. The van der Waals surface area contributed by atoms with E-state index in [9.17, 15) is 24.0 Å². The lowest BCUT2D eigenvalue weighted by Gasteiger charge is -2.42. The third-order valence-electron chi connectivity index (χ3n) is 19.5. The van der Waals surface area contributed by atoms with Gasteiger partial charge in [-0.2, -0.15) is 9.97 Å². The molecule has 0 aliphatic carbocycles. The van der Waals surface area contributed by atoms with Crippen molar-refractivity contribution in [1.29, 1.82) is 0 Å². The highest BCUT2D eigenvalue weighted by atomic mass is 19.1. The molecule has 2 bridgehead atoms. The van der Waals surface area contributed by atoms with Crippen LogP contribution in [0.5, 0.6) is 6.01 Å². The van der Waals surface area contributed by atoms with E-state index in [-0.39, 0.29) is 117 Å². The Morgan fingerprint density at radius 2 is 1.62 bits per heavy atom. The summed E-state index contributed by atoms with van der Waals surface area (Å²) in [5.74, 6) is -0.168. The van der Waals surface area contributed by atoms with Crippen LogP contribution in [0, 0.1) is 29.8 Å². The molecule has 7 fully saturated rings. The number of imidazole rings is 1. The maximum absolute atomic E-state index is 17.5. The molecule has 3 aromatic heterocycles. The van der Waals surface area contributed by atoms with Gasteiger partial charge in [0.25, 0.3) is 0 Å². The molecule has 10 heterocycles. The number of nitrogens with zero attached hydrogens (tertiary/aromatic N) is 10. The van der Waals surface area contributed by atoms with E-state index in [1.54, 1.807) is 42.3 Å². The second-order valence-electron chi connectivity index (χ2n) is 26.0. The monoisotopic (exact) mass is 1200 g/mol. The van der Waals surface area contributed by atoms with Crippen molar-refractivity contribution in [3.8, 4) is 29.6 Å². The summed E-state index contributed by atoms with van der Waals surface area (Å²) in [5.41, 5.74) is -1.70. The van der Waals surface area contributed by atoms with Gasteiger partial charge in [0.2, 0.25) is 11.8 Å². The fourth-order valence-electron chi connectivity index (χ4n) is 15.1. The van der Waals surface area contributed by atoms with Gasteiger partial charge in [0.15, 0.2) is 5.82 Å². The van der Waals surface area contributed by atoms with Crippen LogP contribution >= 0.6 is 0 Å². The number of rotatable bonds is 11. The quantitative estimate of drug-likeness (QED) is 0.0737. The summed E-state index contributed by atoms with van der Waals surface area (Å²) in [7, 11) is 1.58. The highest BCUT2D eigenvalue weighted by Gasteiger charge is 2.51. The van der Waals surface area contributed by atoms with Gasteiger partial charge in [-0.05, 0) is 127 Å². The van der Waals surface area contributed by atoms with E-state index in [4.69, 9.17) is 30.6 Å². The van der Waals surface area contributed by atoms with Gasteiger partial charge >= 0.3 is 23.9 Å². The van der Waals surface area contributed by atoms with E-state index in [2.05, 4.69) is 26.0 Å². The van der Waals surface area contributed by atoms with Gasteiger partial charge in [0, 0.05) is 88.3 Å². The fourth-order valence-corrected chi connectivity index (χ4v) is 15.1. The molecule has 3 aromatic carbocycles. The fraction of sp³-hybridized carbons (Fsp3) is 0.531. The van der Waals surface area contributed by atoms with Crippen molar-refractivity contribution < 1.29 is 51.0 Å². The number of aryl methyl sites for hydroxylation is 1. The number of imide groups is 1. The predicted octanol–water partition coefficient (Wildman–Crippen LogP) is 8.66. The Hall–Kier alpha value is -7.84. The van der Waals surface area contributed by atoms with Crippen molar-refractivity contribution in [2.24, 2.45) is 7.05 Å². The number of carbonyl (C=O) groups is 4. The highest BCUT2D eigenvalue weighted by Crippen LogP contribution is 2.45. The molecule has 1 N–H and O–H groups in total. The van der Waals surface area contributed by atoms with Crippen molar-refractivity contribution in [3.05, 3.63) is 87.7 Å². The summed E-state index contributed by atoms with van der Waals surface area (Å²) in [5, 5.41) is 3.58. The number of alkyl halides is 1. The van der Waals surface area contributed by atoms with Gasteiger partial charge in [-0.15, -0.1) is 6.42 Å². The number of benzene rings is 3. The molecule has 1 unspecified atom stereocenters. The Morgan fingerprint density at radius 3 is 2.34 bits per heavy atom. The lowest BCUT2D eigenvalue weighted by Crippen LogP contribution is -2.57. The third kappa shape index (κ3) is 10.7. The number of ether oxygens (including phenoxy) is 3. The number of halogens is 4. The average molecular weight is 1200 g/mol. The first-order chi connectivity index (χ1) is 41.7. The lowest BCUT2D eigenvalue weighted by atomic mass is 9.87. The molecule has 13 rings (SSSR count). The number of carbonyl (C=O) groups excluding carboxylic acids is 4. The predicted molar refractivity (Wildman–Crippen MR) is 315 cm³/mol. The number of hydrogen-bond donors (Lipinski definition) is 1. The van der Waals surface area contributed by atoms with Gasteiger partial charge in [0.05, 0.1) is 39.6 Å². The number of amides is 4. The largest absolute Gasteiger partial charge is 0.461 e. The minimum atomic E-state index is -1.54. The molecule has 19 nitrogen and oxygen atoms in total. The van der Waals surface area contributed by atoms with Gasteiger partial charge < -0.3 is 28.9 Å². The summed E-state index contributed by atoms with van der Waals surface area (Å²) >= 11 is 0. The molecule has 458 valence electrons. The van der Waals surface area contributed by atoms with Crippen LogP contribution in [0.2, 0.25) is 0 Å². The summed E-state index contributed by atoms with van der Waals surface area (Å²) < 4.78 is 86.4. The first kappa shape index (κ1) is 58.2. The number of piperidine rings is 3. The Labute approximate surface area is 500 Å². The maximum atomic E-state index is 17.5. The van der Waals surface area contributed by atoms with Crippen LogP contribution in [0.1, 0.15) is 121 Å². The van der Waals surface area contributed by atoms with Crippen LogP contribution in [0.25, 0.3) is 44.0 Å². The number of terminal acetylenes is 1. The van der Waals surface area contributed by atoms with E-state index >= 15 is 17.6 Å². The summed E-state index contributed by atoms with van der Waals surface area (Å²) in [4.78, 5) is 89.2. The molecule has 6 aromatic rings. The molecule has 7 aliphatic rings. The van der Waals surface area contributed by atoms with Crippen molar-refractivity contribution in [2.45, 2.75) is 145 Å². The minimum Gasteiger partial charge on any atom is -0.461 e. The topological polar surface area (TPSA) is 190 Å². The van der Waals surface area contributed by atoms with Crippen LogP contribution in [0.4, 0.5) is 33.0 Å². The SMILES string of the molecule is C#Cc1c(F)ccc2cccc(-c3ncc4c(N5C[C@H]6CC[C@@H](C5)N6C(=O)OC(C)(C)C)nc(OC[C@@]56CCCN5[C@H](COC(=O)N5CCC(F)(CN7CCC(c8cc9c(cc8F)n(C8CCC(=O)NC8=O)c(=O)n9C)CC7)CC5)CC6)nc4c3F)c12. The number of hydrogen-bond acceptors (Lipinski definition) is 14. The Bertz CT molecular complexity index is 3870. The third-order valence-corrected chi connectivity index (χ3v) is 19.5. The molecule has 7 saturated heterocycles. The van der Waals surface area contributed by atoms with E-state index in [0.29, 0.717) is 77.6 Å². The maximum Gasteiger partial charge on any atom is 0.410 e. The number of anilines is 1. The minimum absolute atomic E-state index is 0.00802. The first-order valence-electron chi connectivity index (χ1n) is 30.5. The molecule has 23 heteroatoms. The lowest BCUT2D eigenvalue weighted by molar-refractivity contribution is -0.135. The van der Waals surface area contributed by atoms with E-state index < -0.39 is 63.9 Å². The normalized spacial score (nSPS) is 24.5. The van der Waals surface area contributed by atoms with Crippen LogP contribution in [0.15, 0.2) is 53.5 Å². The van der Waals surface area contributed by atoms with Crippen LogP contribution < -0.4 is 20.6 Å². The summed E-state index contributed by atoms with van der Waals surface area (Å²) in [6, 6.07) is 9.58. The smallest absolute Gasteiger partial charge is 0.410 e. The standard InChI is InChI=1S/C64H71F4N11O8/c1-6-42-46(65)14-11-38-9-7-10-43(52(38)42)54-53(67)55-45(31-69-54)56(76-32-39-12-13-40(33-76)78(39)61(84)87-62(2,3)4)72-58(71-55)86-36-64-20-8-24-77(64)41(17-21-64)34-85-60(83)75-27-22-63(68,23-28-75)35-74-25-18-37(19-26-74)44-29-49-50(30-47(44)66)79(59(82)73(49)5)48-15-16-51(80)70-57(48)81/h1,7,9-11,14,29-31,37,39-41,48H,8,12-13,15-28,32-36H2,2-5H3,(H,70,80,81)/t39-,40+,41-,48?,64-/m0/s1. The Morgan fingerprint density at radius 1 is 0.862 bits per heavy atom. The molecule has 87 heavy (non-hydrogen) atoms. The van der Waals surface area contributed by atoms with Gasteiger partial charge in [-0.3, -0.25) is 38.8 Å². The molecular formula is C64H71F4N11O8. The summed E-state index contributed by atoms with van der Waals surface area (Å²) in [6.07, 6.45) is 12.8. The molecule has 5 atom stereocenters. The van der Waals surface area contributed by atoms with Crippen molar-refractivity contribution in [3.63, 3.8) is 0 Å². The van der Waals surface area contributed by atoms with Gasteiger partial charge in [0.1, 0.15) is 59.2 Å². The zero-order valence-electron chi connectivity index (χ0n) is 49.4. The molecule has 0 spiro atoms. The van der Waals surface area contributed by atoms with E-state index in [1.807, 2.05) is 30.6 Å². The van der Waals surface area contributed by atoms with Crippen molar-refractivity contribution in [1.82, 2.24) is 49.0 Å². The van der Waals surface area contributed by atoms with E-state index in [0.717, 1.165) is 45.1 Å². The van der Waals surface area contributed by atoms with Crippen LogP contribution in [0.3, 0.4) is 0 Å². The second kappa shape index (κ2) is 22.4. The van der Waals surface area contributed by atoms with Crippen LogP contribution in [-0.2, 0) is 26.1 Å². The molecule has 7 aliphatic heterocycles. The number of fused-ring (bicyclic) bond motifs is 6. The number of aromatic nitrogens is 5. The Kier molecular flexibility index (Phi) is 15.0. The molecule has 0 saturated carbocycles. The number of piperazine rings is 1. The molecular weight excluding hydrogens is 1130 g/mol. The van der Waals surface area contributed by atoms with Gasteiger partial charge in [-0.25, -0.2) is 31.9 Å². The number of likely N-dealkylation sites (tertiary alicyclic amines) is 2. The Balaban J connectivity index is 0.651. The van der Waals surface area contributed by atoms with Crippen molar-refractivity contribution in [2.75, 3.05) is 70.5 Å². The van der Waals surface area contributed by atoms with E-state index in [1.165, 1.54) is 27.5 Å². The van der Waals surface area contributed by atoms with Gasteiger partial charge in [-0.1, -0.05) is 30.2 Å². The van der Waals surface area contributed by atoms with Crippen molar-refractivity contribution >= 4 is 62.5 Å². The molecule has 0 radical (unpaired) electrons.